The fourth-order valence-corrected chi connectivity index (χ4v) is 4.91. The maximum absolute atomic E-state index is 10.5. The molecule has 4 aliphatic carbocycles. The van der Waals surface area contributed by atoms with Crippen molar-refractivity contribution in [3.8, 4) is 0 Å². The Bertz CT molecular complexity index is 1470. The van der Waals surface area contributed by atoms with Gasteiger partial charge in [-0.3, -0.25) is 9.59 Å². The monoisotopic (exact) mass is 643 g/mol. The molecule has 0 bridgehead atoms. The minimum Gasteiger partial charge on any atom is -1.00 e. The Labute approximate surface area is 293 Å². The minimum absolute atomic E-state index is 0. The molecule has 12 nitrogen and oxygen atoms in total. The summed E-state index contributed by atoms with van der Waals surface area (Å²) >= 11 is 0. The summed E-state index contributed by atoms with van der Waals surface area (Å²) in [5.74, 6) is 5.16. The van der Waals surface area contributed by atoms with E-state index in [9.17, 15) is 9.59 Å². The Morgan fingerprint density at radius 3 is 1.59 bits per heavy atom. The fourth-order valence-electron chi connectivity index (χ4n) is 4.91. The first kappa shape index (κ1) is 37.6. The van der Waals surface area contributed by atoms with Gasteiger partial charge in [0.25, 0.3) is 0 Å². The smallest absolute Gasteiger partial charge is 1.00 e. The van der Waals surface area contributed by atoms with Gasteiger partial charge in [0.1, 0.15) is 17.3 Å². The number of aliphatic hydroxyl groups excluding tert-OH is 2. The minimum atomic E-state index is 0. The molecule has 46 heavy (non-hydrogen) atoms. The molecule has 241 valence electrons. The molecule has 0 saturated heterocycles. The number of hydrogen-bond donors (Lipinski definition) is 2. The van der Waals surface area contributed by atoms with Crippen LogP contribution in [0, 0.1) is 27.7 Å². The van der Waals surface area contributed by atoms with Gasteiger partial charge in [0.15, 0.2) is 18.3 Å². The van der Waals surface area contributed by atoms with Crippen molar-refractivity contribution in [1.29, 1.82) is 0 Å². The Kier molecular flexibility index (Phi) is 13.8. The number of carbonyl (C=O) groups is 2. The second-order valence-electron chi connectivity index (χ2n) is 11.9. The summed E-state index contributed by atoms with van der Waals surface area (Å²) in [5, 5.41) is 33.2. The number of aryl methyl sites for hydroxylation is 4. The van der Waals surface area contributed by atoms with Crippen LogP contribution < -0.4 is 29.6 Å². The molecule has 0 amide bonds. The summed E-state index contributed by atoms with van der Waals surface area (Å²) in [6.07, 6.45) is 11.0. The van der Waals surface area contributed by atoms with Crippen LogP contribution in [0.15, 0.2) is 18.1 Å². The molecule has 0 atom stereocenters. The first-order valence-corrected chi connectivity index (χ1v) is 15.3. The van der Waals surface area contributed by atoms with Crippen molar-refractivity contribution in [2.45, 2.75) is 116 Å². The van der Waals surface area contributed by atoms with Crippen molar-refractivity contribution in [2.75, 3.05) is 0 Å². The van der Waals surface area contributed by atoms with Crippen LogP contribution in [0.4, 0.5) is 0 Å². The van der Waals surface area contributed by atoms with Crippen LogP contribution in [0.1, 0.15) is 154 Å². The molecule has 14 heteroatoms. The number of nitrogens with zero attached hydrogens (tertiary/aromatic N) is 4. The van der Waals surface area contributed by atoms with Crippen LogP contribution in [0.5, 0.6) is 0 Å². The van der Waals surface area contributed by atoms with Crippen LogP contribution >= 0.6 is 0 Å². The molecule has 8 rings (SSSR count). The van der Waals surface area contributed by atoms with Crippen LogP contribution in [0.25, 0.3) is 0 Å². The standard InChI is InChI=1S/C8H11NO2.C8H9NO2.C8H11NO2.C8H9NO2.B.Na.H/c2*1-5-7(4-10)8(9-11-5)6-2-3-6;2*1-5-7(4-10)8(11-9-5)6-2-3-6;;;/h6,10H,2-4H2,1H3;4,6H,2-3H2,1H3;6,10H,2-4H2,1H3;4,6H,2-3H2,1H3;;;/q;;;;;+1;-1. The van der Waals surface area contributed by atoms with Crippen molar-refractivity contribution in [2.24, 2.45) is 0 Å². The average molecular weight is 644 g/mol. The Morgan fingerprint density at radius 1 is 0.609 bits per heavy atom. The van der Waals surface area contributed by atoms with E-state index in [4.69, 9.17) is 28.3 Å². The van der Waals surface area contributed by atoms with Gasteiger partial charge in [0.05, 0.1) is 47.1 Å². The molecule has 4 fully saturated rings. The topological polar surface area (TPSA) is 179 Å². The van der Waals surface area contributed by atoms with Crippen molar-refractivity contribution >= 4 is 21.0 Å². The first-order valence-electron chi connectivity index (χ1n) is 15.3. The SMILES string of the molecule is Cc1noc(C2CC2)c1C=O.Cc1noc(C2CC2)c1CO.Cc1onc(C2CC2)c1C=O.Cc1onc(C2CC2)c1CO.[B].[H-].[Na+]. The van der Waals surface area contributed by atoms with Gasteiger partial charge in [-0.15, -0.1) is 0 Å². The summed E-state index contributed by atoms with van der Waals surface area (Å²) in [7, 11) is 0. The van der Waals surface area contributed by atoms with E-state index in [-0.39, 0.29) is 52.6 Å². The summed E-state index contributed by atoms with van der Waals surface area (Å²) in [6, 6.07) is 0. The van der Waals surface area contributed by atoms with Gasteiger partial charge in [0.2, 0.25) is 0 Å². The molecular weight excluding hydrogens is 602 g/mol. The predicted molar refractivity (Wildman–Crippen MR) is 162 cm³/mol. The predicted octanol–water partition coefficient (Wildman–Crippen LogP) is 2.79. The van der Waals surface area contributed by atoms with Crippen LogP contribution in [0.2, 0.25) is 0 Å². The average Bonchev–Trinajstić information content (AvgIpc) is 3.85. The van der Waals surface area contributed by atoms with Gasteiger partial charge >= 0.3 is 29.6 Å². The third-order valence-corrected chi connectivity index (χ3v) is 8.28. The molecule has 4 aromatic heterocycles. The molecule has 4 aliphatic rings. The van der Waals surface area contributed by atoms with E-state index in [1.807, 2.05) is 13.8 Å². The number of aliphatic hydroxyl groups is 2. The zero-order valence-corrected chi connectivity index (χ0v) is 29.2. The summed E-state index contributed by atoms with van der Waals surface area (Å²) in [6.45, 7) is 7.37. The van der Waals surface area contributed by atoms with E-state index in [1.165, 1.54) is 25.7 Å². The number of rotatable bonds is 8. The van der Waals surface area contributed by atoms with Crippen molar-refractivity contribution in [3.63, 3.8) is 0 Å². The Morgan fingerprint density at radius 2 is 1.07 bits per heavy atom. The first-order chi connectivity index (χ1) is 21.3. The van der Waals surface area contributed by atoms with Crippen LogP contribution in [-0.2, 0) is 13.2 Å². The molecule has 0 unspecified atom stereocenters. The van der Waals surface area contributed by atoms with E-state index in [1.54, 1.807) is 13.8 Å². The summed E-state index contributed by atoms with van der Waals surface area (Å²) in [4.78, 5) is 21.1. The molecule has 4 saturated carbocycles. The maximum atomic E-state index is 10.5. The second-order valence-corrected chi connectivity index (χ2v) is 11.9. The number of hydrogen-bond acceptors (Lipinski definition) is 12. The number of aromatic nitrogens is 4. The summed E-state index contributed by atoms with van der Waals surface area (Å²) in [5.41, 5.74) is 6.49. The number of aldehydes is 2. The largest absolute Gasteiger partial charge is 1.00 e. The molecule has 3 radical (unpaired) electrons. The van der Waals surface area contributed by atoms with E-state index in [0.29, 0.717) is 46.3 Å². The fraction of sp³-hybridized carbons (Fsp3) is 0.562. The third kappa shape index (κ3) is 9.16. The Hall–Kier alpha value is -2.84. The quantitative estimate of drug-likeness (QED) is 0.212. The summed E-state index contributed by atoms with van der Waals surface area (Å²) < 4.78 is 20.0. The van der Waals surface area contributed by atoms with Crippen LogP contribution in [-0.4, -0.2) is 51.8 Å². The second kappa shape index (κ2) is 16.8. The van der Waals surface area contributed by atoms with E-state index in [2.05, 4.69) is 20.6 Å². The normalized spacial score (nSPS) is 16.3. The molecule has 0 spiro atoms. The zero-order chi connectivity index (χ0) is 31.4. The van der Waals surface area contributed by atoms with Crippen molar-refractivity contribution in [1.82, 2.24) is 20.6 Å². The number of carbonyl (C=O) groups excluding carboxylic acids is 2. The van der Waals surface area contributed by atoms with Gasteiger partial charge in [0, 0.05) is 43.2 Å². The molecule has 0 aliphatic heterocycles. The van der Waals surface area contributed by atoms with Crippen molar-refractivity contribution in [3.05, 3.63) is 68.1 Å². The van der Waals surface area contributed by atoms with Crippen LogP contribution in [0.3, 0.4) is 0 Å². The molecule has 0 aromatic carbocycles. The molecule has 4 heterocycles. The Balaban J connectivity index is 0.000000213. The zero-order valence-electron chi connectivity index (χ0n) is 28.2. The third-order valence-electron chi connectivity index (χ3n) is 8.28. The van der Waals surface area contributed by atoms with Gasteiger partial charge < -0.3 is 29.7 Å². The maximum Gasteiger partial charge on any atom is 1.00 e. The van der Waals surface area contributed by atoms with Gasteiger partial charge in [-0.05, 0) is 79.1 Å². The molecule has 2 N–H and O–H groups in total. The molecule has 4 aromatic rings. The van der Waals surface area contributed by atoms with E-state index < -0.39 is 0 Å². The van der Waals surface area contributed by atoms with E-state index in [0.717, 1.165) is 83.7 Å². The van der Waals surface area contributed by atoms with Gasteiger partial charge in [-0.25, -0.2) is 0 Å². The van der Waals surface area contributed by atoms with Crippen molar-refractivity contribution < 1.29 is 68.9 Å². The van der Waals surface area contributed by atoms with Gasteiger partial charge in [-0.1, -0.05) is 20.6 Å². The van der Waals surface area contributed by atoms with Gasteiger partial charge in [-0.2, -0.15) is 0 Å². The molecular formula is C32H41BN4NaO8. The van der Waals surface area contributed by atoms with E-state index >= 15 is 0 Å².